The molecule has 0 saturated heterocycles. The third-order valence-electron chi connectivity index (χ3n) is 1.09. The van der Waals surface area contributed by atoms with Crippen LogP contribution in [-0.2, 0) is 0 Å². The highest BCUT2D eigenvalue weighted by molar-refractivity contribution is 5.30. The average molecular weight is 123 g/mol. The summed E-state index contributed by atoms with van der Waals surface area (Å²) in [5.41, 5.74) is 7.45. The van der Waals surface area contributed by atoms with Crippen molar-refractivity contribution in [1.29, 1.82) is 0 Å². The molecule has 0 bridgehead atoms. The van der Waals surface area contributed by atoms with Gasteiger partial charge in [-0.1, -0.05) is 30.9 Å². The summed E-state index contributed by atoms with van der Waals surface area (Å²) in [7, 11) is 0. The van der Waals surface area contributed by atoms with Gasteiger partial charge in [-0.25, -0.2) is 0 Å². The summed E-state index contributed by atoms with van der Waals surface area (Å²) in [6.45, 7) is 9.78. The van der Waals surface area contributed by atoms with Crippen molar-refractivity contribution >= 4 is 0 Å². The summed E-state index contributed by atoms with van der Waals surface area (Å²) in [5, 5.41) is 0. The largest absolute Gasteiger partial charge is 0.326 e. The SMILES string of the molecule is C=C/C=C(/CN)C(=C)C. The zero-order valence-electron chi connectivity index (χ0n) is 5.85. The van der Waals surface area contributed by atoms with Crippen LogP contribution >= 0.6 is 0 Å². The van der Waals surface area contributed by atoms with Crippen LogP contribution in [-0.4, -0.2) is 6.54 Å². The summed E-state index contributed by atoms with van der Waals surface area (Å²) < 4.78 is 0. The van der Waals surface area contributed by atoms with Crippen molar-refractivity contribution in [2.45, 2.75) is 6.92 Å². The Morgan fingerprint density at radius 1 is 1.67 bits per heavy atom. The third-order valence-corrected chi connectivity index (χ3v) is 1.09. The maximum absolute atomic E-state index is 5.38. The molecule has 0 rings (SSSR count). The van der Waals surface area contributed by atoms with E-state index in [2.05, 4.69) is 13.2 Å². The lowest BCUT2D eigenvalue weighted by Gasteiger charge is -1.99. The molecule has 0 amide bonds. The Bertz CT molecular complexity index is 143. The first-order valence-electron chi connectivity index (χ1n) is 2.90. The predicted molar refractivity (Wildman–Crippen MR) is 42.1 cm³/mol. The monoisotopic (exact) mass is 123 g/mol. The molecule has 9 heavy (non-hydrogen) atoms. The second-order valence-electron chi connectivity index (χ2n) is 1.91. The molecule has 0 atom stereocenters. The predicted octanol–water partition coefficient (Wildman–Crippen LogP) is 1.63. The van der Waals surface area contributed by atoms with E-state index in [1.165, 1.54) is 0 Å². The first kappa shape index (κ1) is 8.18. The van der Waals surface area contributed by atoms with Gasteiger partial charge < -0.3 is 5.73 Å². The molecule has 0 saturated carbocycles. The molecule has 0 aromatic heterocycles. The summed E-state index contributed by atoms with van der Waals surface area (Å²) in [6.07, 6.45) is 3.60. The van der Waals surface area contributed by atoms with Crippen molar-refractivity contribution in [1.82, 2.24) is 0 Å². The van der Waals surface area contributed by atoms with E-state index in [-0.39, 0.29) is 0 Å². The smallest absolute Gasteiger partial charge is 0.0180 e. The first-order valence-corrected chi connectivity index (χ1v) is 2.90. The topological polar surface area (TPSA) is 26.0 Å². The van der Waals surface area contributed by atoms with Gasteiger partial charge in [-0.2, -0.15) is 0 Å². The molecule has 0 aliphatic carbocycles. The molecule has 0 fully saturated rings. The molecule has 50 valence electrons. The van der Waals surface area contributed by atoms with Crippen molar-refractivity contribution < 1.29 is 0 Å². The third kappa shape index (κ3) is 2.88. The van der Waals surface area contributed by atoms with Gasteiger partial charge >= 0.3 is 0 Å². The molecule has 0 aromatic carbocycles. The molecule has 0 aliphatic rings. The summed E-state index contributed by atoms with van der Waals surface area (Å²) >= 11 is 0. The molecule has 0 unspecified atom stereocenters. The second kappa shape index (κ2) is 4.10. The van der Waals surface area contributed by atoms with Crippen LogP contribution in [0.3, 0.4) is 0 Å². The fraction of sp³-hybridized carbons (Fsp3) is 0.250. The van der Waals surface area contributed by atoms with E-state index < -0.39 is 0 Å². The van der Waals surface area contributed by atoms with E-state index in [1.54, 1.807) is 6.08 Å². The standard InChI is InChI=1S/C8H13N/c1-4-5-8(6-9)7(2)3/h4-5H,1-2,6,9H2,3H3/b8-5-. The Morgan fingerprint density at radius 3 is 2.33 bits per heavy atom. The minimum absolute atomic E-state index is 0.543. The number of allylic oxidation sites excluding steroid dienone is 2. The van der Waals surface area contributed by atoms with Gasteiger partial charge in [-0.05, 0) is 12.5 Å². The van der Waals surface area contributed by atoms with Crippen LogP contribution in [0.15, 0.2) is 36.5 Å². The Kier molecular flexibility index (Phi) is 3.72. The van der Waals surface area contributed by atoms with E-state index >= 15 is 0 Å². The van der Waals surface area contributed by atoms with Crippen molar-refractivity contribution in [3.63, 3.8) is 0 Å². The number of hydrogen-bond donors (Lipinski definition) is 1. The molecule has 0 spiro atoms. The van der Waals surface area contributed by atoms with Crippen LogP contribution in [0.25, 0.3) is 0 Å². The molecule has 0 radical (unpaired) electrons. The van der Waals surface area contributed by atoms with Gasteiger partial charge in [0.25, 0.3) is 0 Å². The maximum Gasteiger partial charge on any atom is 0.0180 e. The van der Waals surface area contributed by atoms with Crippen molar-refractivity contribution in [2.24, 2.45) is 5.73 Å². The molecule has 2 N–H and O–H groups in total. The maximum atomic E-state index is 5.38. The van der Waals surface area contributed by atoms with Gasteiger partial charge in [0.15, 0.2) is 0 Å². The second-order valence-corrected chi connectivity index (χ2v) is 1.91. The zero-order valence-corrected chi connectivity index (χ0v) is 5.85. The highest BCUT2D eigenvalue weighted by Gasteiger charge is 1.89. The Labute approximate surface area is 56.6 Å². The minimum Gasteiger partial charge on any atom is -0.326 e. The summed E-state index contributed by atoms with van der Waals surface area (Å²) in [4.78, 5) is 0. The number of hydrogen-bond acceptors (Lipinski definition) is 1. The fourth-order valence-electron chi connectivity index (χ4n) is 0.527. The van der Waals surface area contributed by atoms with Gasteiger partial charge in [0.1, 0.15) is 0 Å². The molecular formula is C8H13N. The van der Waals surface area contributed by atoms with E-state index in [4.69, 9.17) is 5.73 Å². The van der Waals surface area contributed by atoms with Gasteiger partial charge in [0.2, 0.25) is 0 Å². The molecule has 0 aromatic rings. The van der Waals surface area contributed by atoms with Gasteiger partial charge in [-0.3, -0.25) is 0 Å². The lowest BCUT2D eigenvalue weighted by atomic mass is 10.1. The summed E-state index contributed by atoms with van der Waals surface area (Å²) in [6, 6.07) is 0. The van der Waals surface area contributed by atoms with Gasteiger partial charge in [-0.15, -0.1) is 0 Å². The van der Waals surface area contributed by atoms with E-state index in [1.807, 2.05) is 13.0 Å². The van der Waals surface area contributed by atoms with Crippen LogP contribution in [0, 0.1) is 0 Å². The number of nitrogens with two attached hydrogens (primary N) is 1. The number of rotatable bonds is 3. The highest BCUT2D eigenvalue weighted by atomic mass is 14.5. The average Bonchev–Trinajstić information content (AvgIpc) is 1.82. The molecule has 0 heterocycles. The van der Waals surface area contributed by atoms with Crippen molar-refractivity contribution in [3.05, 3.63) is 36.5 Å². The van der Waals surface area contributed by atoms with Crippen molar-refractivity contribution in [3.8, 4) is 0 Å². The zero-order chi connectivity index (χ0) is 7.28. The van der Waals surface area contributed by atoms with Crippen LogP contribution < -0.4 is 5.73 Å². The normalized spacial score (nSPS) is 11.1. The van der Waals surface area contributed by atoms with E-state index in [0.29, 0.717) is 6.54 Å². The van der Waals surface area contributed by atoms with Gasteiger partial charge in [0, 0.05) is 6.54 Å². The molecule has 1 heteroatoms. The lowest BCUT2D eigenvalue weighted by Crippen LogP contribution is -2.02. The Hall–Kier alpha value is -0.820. The van der Waals surface area contributed by atoms with Crippen LogP contribution in [0.2, 0.25) is 0 Å². The van der Waals surface area contributed by atoms with Crippen molar-refractivity contribution in [2.75, 3.05) is 6.54 Å². The van der Waals surface area contributed by atoms with Gasteiger partial charge in [0.05, 0.1) is 0 Å². The minimum atomic E-state index is 0.543. The van der Waals surface area contributed by atoms with Crippen LogP contribution in [0.1, 0.15) is 6.92 Å². The lowest BCUT2D eigenvalue weighted by molar-refractivity contribution is 1.15. The van der Waals surface area contributed by atoms with E-state index in [9.17, 15) is 0 Å². The van der Waals surface area contributed by atoms with Crippen LogP contribution in [0.4, 0.5) is 0 Å². The molecule has 0 aliphatic heterocycles. The molecule has 1 nitrogen and oxygen atoms in total. The quantitative estimate of drug-likeness (QED) is 0.567. The Morgan fingerprint density at radius 2 is 2.22 bits per heavy atom. The highest BCUT2D eigenvalue weighted by Crippen LogP contribution is 2.03. The first-order chi connectivity index (χ1) is 4.22. The molecular weight excluding hydrogens is 110 g/mol. The van der Waals surface area contributed by atoms with Crippen LogP contribution in [0.5, 0.6) is 0 Å². The van der Waals surface area contributed by atoms with E-state index in [0.717, 1.165) is 11.1 Å². The Balaban J connectivity index is 4.14. The fourth-order valence-corrected chi connectivity index (χ4v) is 0.527. The summed E-state index contributed by atoms with van der Waals surface area (Å²) in [5.74, 6) is 0.